The number of aromatic nitrogens is 2. The van der Waals surface area contributed by atoms with Crippen LogP contribution >= 0.6 is 11.3 Å². The first-order chi connectivity index (χ1) is 21.1. The SMILES string of the molecule is [2H]C([2H])([2H])c1ccc(-c2ccc3sc4ccc(-c5nc6ccccc6n5-c5c(C(C)C)cccc5C(C)C)cc4c3c2)cc1. The summed E-state index contributed by atoms with van der Waals surface area (Å²) in [5.41, 5.74) is 9.46. The number of hydrogen-bond acceptors (Lipinski definition) is 2. The van der Waals surface area contributed by atoms with Crippen LogP contribution in [-0.4, -0.2) is 9.55 Å². The lowest BCUT2D eigenvalue weighted by molar-refractivity contribution is 0.811. The molecular weight excluding hydrogens is 516 g/mol. The van der Waals surface area contributed by atoms with Gasteiger partial charge in [-0.3, -0.25) is 4.57 Å². The summed E-state index contributed by atoms with van der Waals surface area (Å²) >= 11 is 1.79. The van der Waals surface area contributed by atoms with Crippen LogP contribution in [0.1, 0.15) is 60.3 Å². The van der Waals surface area contributed by atoms with E-state index in [0.717, 1.165) is 33.5 Å². The zero-order valence-corrected chi connectivity index (χ0v) is 24.6. The van der Waals surface area contributed by atoms with Crippen LogP contribution in [0.4, 0.5) is 0 Å². The minimum atomic E-state index is -2.11. The molecule has 202 valence electrons. The third kappa shape index (κ3) is 4.36. The standard InChI is InChI=1S/C38H34N2S/c1-23(2)29-9-8-10-30(24(3)4)37(29)40-34-12-7-6-11-33(34)39-38(40)28-18-20-36-32(22-28)31-21-27(17-19-35(31)41-36)26-15-13-25(5)14-16-26/h6-24H,1-5H3/i5D3. The van der Waals surface area contributed by atoms with E-state index < -0.39 is 6.85 Å². The largest absolute Gasteiger partial charge is 0.292 e. The number of fused-ring (bicyclic) bond motifs is 4. The molecule has 7 aromatic rings. The molecule has 7 rings (SSSR count). The topological polar surface area (TPSA) is 17.8 Å². The van der Waals surface area contributed by atoms with E-state index in [1.807, 2.05) is 12.1 Å². The minimum Gasteiger partial charge on any atom is -0.292 e. The molecule has 2 aromatic heterocycles. The number of benzene rings is 5. The minimum absolute atomic E-state index is 0.355. The van der Waals surface area contributed by atoms with Crippen LogP contribution in [-0.2, 0) is 0 Å². The quantitative estimate of drug-likeness (QED) is 0.207. The molecule has 0 N–H and O–H groups in total. The maximum Gasteiger partial charge on any atom is 0.145 e. The summed E-state index contributed by atoms with van der Waals surface area (Å²) in [5, 5.41) is 2.39. The molecule has 3 heteroatoms. The monoisotopic (exact) mass is 553 g/mol. The van der Waals surface area contributed by atoms with Gasteiger partial charge in [-0.1, -0.05) is 93.9 Å². The predicted molar refractivity (Wildman–Crippen MR) is 178 cm³/mol. The van der Waals surface area contributed by atoms with Gasteiger partial charge in [0.05, 0.1) is 16.7 Å². The number of nitrogens with zero attached hydrogens (tertiary/aromatic N) is 2. The lowest BCUT2D eigenvalue weighted by atomic mass is 9.92. The van der Waals surface area contributed by atoms with Gasteiger partial charge >= 0.3 is 0 Å². The fourth-order valence-electron chi connectivity index (χ4n) is 5.97. The Balaban J connectivity index is 1.44. The molecule has 0 saturated heterocycles. The molecule has 41 heavy (non-hydrogen) atoms. The van der Waals surface area contributed by atoms with Crippen LogP contribution in [0.2, 0.25) is 0 Å². The van der Waals surface area contributed by atoms with Crippen LogP contribution < -0.4 is 0 Å². The van der Waals surface area contributed by atoms with Crippen LogP contribution in [0, 0.1) is 6.85 Å². The zero-order valence-electron chi connectivity index (χ0n) is 26.8. The Labute approximate surface area is 250 Å². The lowest BCUT2D eigenvalue weighted by Gasteiger charge is -2.22. The smallest absolute Gasteiger partial charge is 0.145 e. The Kier molecular flexibility index (Phi) is 5.49. The van der Waals surface area contributed by atoms with E-state index in [4.69, 9.17) is 9.10 Å². The van der Waals surface area contributed by atoms with E-state index in [-0.39, 0.29) is 0 Å². The third-order valence-corrected chi connectivity index (χ3v) is 9.22. The molecule has 5 aromatic carbocycles. The summed E-state index contributed by atoms with van der Waals surface area (Å²) < 4.78 is 28.0. The van der Waals surface area contributed by atoms with Gasteiger partial charge in [0, 0.05) is 29.8 Å². The molecule has 0 radical (unpaired) electrons. The molecule has 0 amide bonds. The van der Waals surface area contributed by atoms with Gasteiger partial charge in [0.25, 0.3) is 0 Å². The van der Waals surface area contributed by atoms with E-state index in [1.54, 1.807) is 23.5 Å². The maximum atomic E-state index is 7.71. The third-order valence-electron chi connectivity index (χ3n) is 8.07. The van der Waals surface area contributed by atoms with Crippen molar-refractivity contribution in [2.45, 2.75) is 46.4 Å². The van der Waals surface area contributed by atoms with Crippen molar-refractivity contribution in [3.05, 3.63) is 120 Å². The highest BCUT2D eigenvalue weighted by Crippen LogP contribution is 2.41. The van der Waals surface area contributed by atoms with Gasteiger partial charge in [0.15, 0.2) is 0 Å². The molecule has 0 atom stereocenters. The van der Waals surface area contributed by atoms with Crippen LogP contribution in [0.5, 0.6) is 0 Å². The van der Waals surface area contributed by atoms with Gasteiger partial charge in [-0.2, -0.15) is 0 Å². The summed E-state index contributed by atoms with van der Waals surface area (Å²) in [6.45, 7) is 6.95. The van der Waals surface area contributed by atoms with Gasteiger partial charge in [-0.15, -0.1) is 11.3 Å². The molecule has 0 spiro atoms. The lowest BCUT2D eigenvalue weighted by Crippen LogP contribution is -2.08. The van der Waals surface area contributed by atoms with Crippen molar-refractivity contribution in [3.63, 3.8) is 0 Å². The Morgan fingerprint density at radius 1 is 0.659 bits per heavy atom. The number of para-hydroxylation sites is 3. The second-order valence-corrected chi connectivity index (χ2v) is 12.5. The van der Waals surface area contributed by atoms with Crippen LogP contribution in [0.15, 0.2) is 103 Å². The fourth-order valence-corrected chi connectivity index (χ4v) is 7.04. The second-order valence-electron chi connectivity index (χ2n) is 11.5. The summed E-state index contributed by atoms with van der Waals surface area (Å²) in [5.74, 6) is 1.65. The second kappa shape index (κ2) is 10.0. The van der Waals surface area contributed by atoms with Gasteiger partial charge in [0.1, 0.15) is 5.82 Å². The number of thiophene rings is 1. The highest BCUT2D eigenvalue weighted by molar-refractivity contribution is 7.25. The summed E-state index contributed by atoms with van der Waals surface area (Å²) in [4.78, 5) is 5.25. The maximum absolute atomic E-state index is 7.71. The van der Waals surface area contributed by atoms with Gasteiger partial charge < -0.3 is 0 Å². The van der Waals surface area contributed by atoms with Crippen molar-refractivity contribution in [2.75, 3.05) is 0 Å². The van der Waals surface area contributed by atoms with E-state index in [0.29, 0.717) is 17.4 Å². The Bertz CT molecular complexity index is 2140. The van der Waals surface area contributed by atoms with Crippen molar-refractivity contribution in [2.24, 2.45) is 0 Å². The zero-order chi connectivity index (χ0) is 30.7. The van der Waals surface area contributed by atoms with E-state index in [9.17, 15) is 0 Å². The first-order valence-electron chi connectivity index (χ1n) is 15.8. The summed E-state index contributed by atoms with van der Waals surface area (Å²) in [7, 11) is 0. The summed E-state index contributed by atoms with van der Waals surface area (Å²) in [6, 6.07) is 35.6. The normalized spacial score (nSPS) is 13.4. The van der Waals surface area contributed by atoms with Crippen molar-refractivity contribution >= 4 is 42.5 Å². The first kappa shape index (κ1) is 22.5. The number of imidazole rings is 1. The molecule has 2 nitrogen and oxygen atoms in total. The van der Waals surface area contributed by atoms with E-state index in [1.165, 1.54) is 37.0 Å². The molecule has 0 aliphatic rings. The highest BCUT2D eigenvalue weighted by atomic mass is 32.1. The molecule has 2 heterocycles. The predicted octanol–water partition coefficient (Wildman–Crippen LogP) is 11.3. The molecule has 0 aliphatic heterocycles. The number of aryl methyl sites for hydroxylation is 1. The van der Waals surface area contributed by atoms with Crippen LogP contribution in [0.3, 0.4) is 0 Å². The molecule has 0 bridgehead atoms. The van der Waals surface area contributed by atoms with Gasteiger partial charge in [0.2, 0.25) is 0 Å². The van der Waals surface area contributed by atoms with E-state index >= 15 is 0 Å². The number of hydrogen-bond donors (Lipinski definition) is 0. The molecular formula is C38H34N2S. The number of rotatable bonds is 5. The average molecular weight is 554 g/mol. The van der Waals surface area contributed by atoms with Gasteiger partial charge in [-0.25, -0.2) is 4.98 Å². The average Bonchev–Trinajstić information content (AvgIpc) is 3.58. The van der Waals surface area contributed by atoms with Crippen molar-refractivity contribution < 1.29 is 4.11 Å². The summed E-state index contributed by atoms with van der Waals surface area (Å²) in [6.07, 6.45) is 0. The molecule has 0 unspecified atom stereocenters. The van der Waals surface area contributed by atoms with Gasteiger partial charge in [-0.05, 0) is 83.4 Å². The fraction of sp³-hybridized carbons (Fsp3) is 0.184. The Hall–Kier alpha value is -4.21. The first-order valence-corrected chi connectivity index (χ1v) is 15.1. The molecule has 0 fully saturated rings. The Morgan fingerprint density at radius 3 is 1.93 bits per heavy atom. The van der Waals surface area contributed by atoms with Crippen molar-refractivity contribution in [3.8, 4) is 28.2 Å². The van der Waals surface area contributed by atoms with Crippen molar-refractivity contribution in [1.29, 1.82) is 0 Å². The highest BCUT2D eigenvalue weighted by Gasteiger charge is 2.22. The molecule has 0 saturated carbocycles. The van der Waals surface area contributed by atoms with Crippen LogP contribution in [0.25, 0.3) is 59.4 Å². The molecule has 0 aliphatic carbocycles. The Morgan fingerprint density at radius 2 is 1.27 bits per heavy atom. The van der Waals surface area contributed by atoms with E-state index in [2.05, 4.69) is 111 Å². The van der Waals surface area contributed by atoms with Crippen molar-refractivity contribution in [1.82, 2.24) is 9.55 Å².